The molecule has 2 heterocycles. The van der Waals surface area contributed by atoms with Crippen LogP contribution < -0.4 is 10.6 Å². The number of ether oxygens (including phenoxy) is 1. The highest BCUT2D eigenvalue weighted by atomic mass is 16.5. The number of fused-ring (bicyclic) bond motifs is 1. The zero-order chi connectivity index (χ0) is 14.2. The highest BCUT2D eigenvalue weighted by molar-refractivity contribution is 5.82. The van der Waals surface area contributed by atoms with Crippen molar-refractivity contribution >= 4 is 5.91 Å². The van der Waals surface area contributed by atoms with E-state index in [0.29, 0.717) is 18.1 Å². The van der Waals surface area contributed by atoms with Gasteiger partial charge < -0.3 is 15.4 Å². The first kappa shape index (κ1) is 14.0. The van der Waals surface area contributed by atoms with Crippen molar-refractivity contribution in [1.29, 1.82) is 0 Å². The maximum atomic E-state index is 12.6. The van der Waals surface area contributed by atoms with Gasteiger partial charge in [0.05, 0.1) is 18.2 Å². The molecule has 118 valence electrons. The molecule has 2 saturated carbocycles. The normalized spacial score (nSPS) is 43.3. The molecular formula is C17H28N2O2. The number of amides is 1. The Morgan fingerprint density at radius 3 is 2.62 bits per heavy atom. The third-order valence-corrected chi connectivity index (χ3v) is 6.02. The van der Waals surface area contributed by atoms with Crippen molar-refractivity contribution in [2.24, 2.45) is 11.8 Å². The SMILES string of the molecule is O=C(NC1CCOC1C1CC1)C1CCC2CCCCC2N1. The van der Waals surface area contributed by atoms with Gasteiger partial charge in [0.1, 0.15) is 0 Å². The molecule has 4 rings (SSSR count). The highest BCUT2D eigenvalue weighted by Crippen LogP contribution is 2.39. The molecule has 2 aliphatic carbocycles. The van der Waals surface area contributed by atoms with E-state index in [-0.39, 0.29) is 18.0 Å². The quantitative estimate of drug-likeness (QED) is 0.836. The van der Waals surface area contributed by atoms with Crippen LogP contribution in [0.5, 0.6) is 0 Å². The fourth-order valence-corrected chi connectivity index (χ4v) is 4.64. The molecule has 4 fully saturated rings. The third kappa shape index (κ3) is 2.98. The monoisotopic (exact) mass is 292 g/mol. The van der Waals surface area contributed by atoms with E-state index < -0.39 is 0 Å². The lowest BCUT2D eigenvalue weighted by molar-refractivity contribution is -0.125. The topological polar surface area (TPSA) is 50.4 Å². The number of piperidine rings is 1. The Morgan fingerprint density at radius 2 is 1.76 bits per heavy atom. The Labute approximate surface area is 127 Å². The van der Waals surface area contributed by atoms with Gasteiger partial charge in [-0.25, -0.2) is 0 Å². The summed E-state index contributed by atoms with van der Waals surface area (Å²) >= 11 is 0. The van der Waals surface area contributed by atoms with Crippen LogP contribution in [-0.4, -0.2) is 36.7 Å². The molecule has 5 atom stereocenters. The summed E-state index contributed by atoms with van der Waals surface area (Å²) in [6.07, 6.45) is 11.4. The summed E-state index contributed by atoms with van der Waals surface area (Å²) in [5.74, 6) is 1.75. The summed E-state index contributed by atoms with van der Waals surface area (Å²) in [5, 5.41) is 6.93. The van der Waals surface area contributed by atoms with Crippen molar-refractivity contribution in [2.75, 3.05) is 6.61 Å². The van der Waals surface area contributed by atoms with Crippen molar-refractivity contribution in [3.63, 3.8) is 0 Å². The fourth-order valence-electron chi connectivity index (χ4n) is 4.64. The first-order valence-electron chi connectivity index (χ1n) is 8.99. The predicted octanol–water partition coefficient (Wildman–Crippen LogP) is 1.98. The average Bonchev–Trinajstić information content (AvgIpc) is 3.27. The summed E-state index contributed by atoms with van der Waals surface area (Å²) in [4.78, 5) is 12.6. The first-order valence-corrected chi connectivity index (χ1v) is 8.99. The van der Waals surface area contributed by atoms with Gasteiger partial charge in [-0.05, 0) is 56.8 Å². The molecule has 0 aromatic carbocycles. The summed E-state index contributed by atoms with van der Waals surface area (Å²) < 4.78 is 5.83. The summed E-state index contributed by atoms with van der Waals surface area (Å²) in [7, 11) is 0. The zero-order valence-electron chi connectivity index (χ0n) is 12.9. The molecule has 0 aromatic rings. The van der Waals surface area contributed by atoms with Crippen LogP contribution in [0.1, 0.15) is 57.8 Å². The molecule has 4 heteroatoms. The van der Waals surface area contributed by atoms with E-state index in [1.165, 1.54) is 44.9 Å². The largest absolute Gasteiger partial charge is 0.376 e. The van der Waals surface area contributed by atoms with Crippen LogP contribution >= 0.6 is 0 Å². The van der Waals surface area contributed by atoms with Crippen molar-refractivity contribution in [3.8, 4) is 0 Å². The van der Waals surface area contributed by atoms with Crippen molar-refractivity contribution in [3.05, 3.63) is 0 Å². The summed E-state index contributed by atoms with van der Waals surface area (Å²) in [6, 6.07) is 0.878. The van der Waals surface area contributed by atoms with E-state index in [1.807, 2.05) is 0 Å². The van der Waals surface area contributed by atoms with Gasteiger partial charge in [0, 0.05) is 12.6 Å². The first-order chi connectivity index (χ1) is 10.3. The van der Waals surface area contributed by atoms with Gasteiger partial charge in [-0.15, -0.1) is 0 Å². The molecule has 2 N–H and O–H groups in total. The maximum absolute atomic E-state index is 12.6. The van der Waals surface area contributed by atoms with Crippen LogP contribution in [0, 0.1) is 11.8 Å². The lowest BCUT2D eigenvalue weighted by Gasteiger charge is -2.40. The van der Waals surface area contributed by atoms with E-state index in [2.05, 4.69) is 10.6 Å². The van der Waals surface area contributed by atoms with Crippen LogP contribution in [0.25, 0.3) is 0 Å². The van der Waals surface area contributed by atoms with Crippen molar-refractivity contribution in [2.45, 2.75) is 82.0 Å². The molecule has 4 aliphatic rings. The van der Waals surface area contributed by atoms with Gasteiger partial charge in [-0.1, -0.05) is 12.8 Å². The number of carbonyl (C=O) groups is 1. The van der Waals surface area contributed by atoms with Crippen molar-refractivity contribution < 1.29 is 9.53 Å². The molecule has 0 radical (unpaired) electrons. The fraction of sp³-hybridized carbons (Fsp3) is 0.941. The smallest absolute Gasteiger partial charge is 0.237 e. The van der Waals surface area contributed by atoms with E-state index in [9.17, 15) is 4.79 Å². The second-order valence-corrected chi connectivity index (χ2v) is 7.52. The highest BCUT2D eigenvalue weighted by Gasteiger charge is 2.42. The molecule has 0 spiro atoms. The maximum Gasteiger partial charge on any atom is 0.237 e. The van der Waals surface area contributed by atoms with Gasteiger partial charge in [0.25, 0.3) is 0 Å². The van der Waals surface area contributed by atoms with Crippen LogP contribution in [0.3, 0.4) is 0 Å². The van der Waals surface area contributed by atoms with Gasteiger partial charge in [-0.2, -0.15) is 0 Å². The van der Waals surface area contributed by atoms with E-state index in [1.54, 1.807) is 0 Å². The molecule has 2 saturated heterocycles. The molecule has 2 aliphatic heterocycles. The molecule has 21 heavy (non-hydrogen) atoms. The number of rotatable bonds is 3. The number of hydrogen-bond donors (Lipinski definition) is 2. The Morgan fingerprint density at radius 1 is 0.952 bits per heavy atom. The predicted molar refractivity (Wildman–Crippen MR) is 80.9 cm³/mol. The number of carbonyl (C=O) groups excluding carboxylic acids is 1. The molecular weight excluding hydrogens is 264 g/mol. The van der Waals surface area contributed by atoms with E-state index in [0.717, 1.165) is 25.4 Å². The Bertz CT molecular complexity index is 396. The van der Waals surface area contributed by atoms with Crippen LogP contribution in [0.15, 0.2) is 0 Å². The number of nitrogens with one attached hydrogen (secondary N) is 2. The minimum Gasteiger partial charge on any atom is -0.376 e. The molecule has 0 aromatic heterocycles. The lowest BCUT2D eigenvalue weighted by atomic mass is 9.77. The summed E-state index contributed by atoms with van der Waals surface area (Å²) in [5.41, 5.74) is 0. The standard InChI is InChI=1S/C17H28N2O2/c20-17(19-14-9-10-21-16(14)12-5-6-12)15-8-7-11-3-1-2-4-13(11)18-15/h11-16,18H,1-10H2,(H,19,20). The second kappa shape index (κ2) is 5.88. The van der Waals surface area contributed by atoms with Gasteiger partial charge in [0.2, 0.25) is 5.91 Å². The number of hydrogen-bond acceptors (Lipinski definition) is 3. The Balaban J connectivity index is 1.32. The third-order valence-electron chi connectivity index (χ3n) is 6.02. The Kier molecular flexibility index (Phi) is 3.92. The average molecular weight is 292 g/mol. The van der Waals surface area contributed by atoms with Gasteiger partial charge in [0.15, 0.2) is 0 Å². The van der Waals surface area contributed by atoms with Crippen LogP contribution in [-0.2, 0) is 9.53 Å². The molecule has 5 unspecified atom stereocenters. The lowest BCUT2D eigenvalue weighted by Crippen LogP contribution is -2.57. The zero-order valence-corrected chi connectivity index (χ0v) is 12.9. The minimum atomic E-state index is 0.0322. The molecule has 1 amide bonds. The van der Waals surface area contributed by atoms with Crippen LogP contribution in [0.4, 0.5) is 0 Å². The van der Waals surface area contributed by atoms with Crippen LogP contribution in [0.2, 0.25) is 0 Å². The van der Waals surface area contributed by atoms with E-state index >= 15 is 0 Å². The van der Waals surface area contributed by atoms with Crippen molar-refractivity contribution in [1.82, 2.24) is 10.6 Å². The molecule has 0 bridgehead atoms. The van der Waals surface area contributed by atoms with Gasteiger partial charge in [-0.3, -0.25) is 4.79 Å². The minimum absolute atomic E-state index is 0.0322. The summed E-state index contributed by atoms with van der Waals surface area (Å²) in [6.45, 7) is 0.814. The van der Waals surface area contributed by atoms with Gasteiger partial charge >= 0.3 is 0 Å². The van der Waals surface area contributed by atoms with E-state index in [4.69, 9.17) is 4.74 Å². The Hall–Kier alpha value is -0.610. The molecule has 4 nitrogen and oxygen atoms in total. The second-order valence-electron chi connectivity index (χ2n) is 7.52.